The van der Waals surface area contributed by atoms with Gasteiger partial charge in [-0.1, -0.05) is 30.3 Å². The highest BCUT2D eigenvalue weighted by Gasteiger charge is 2.22. The molecule has 2 aromatic heterocycles. The summed E-state index contributed by atoms with van der Waals surface area (Å²) < 4.78 is 6.22. The van der Waals surface area contributed by atoms with Crippen molar-refractivity contribution in [1.29, 1.82) is 0 Å². The van der Waals surface area contributed by atoms with E-state index >= 15 is 0 Å². The van der Waals surface area contributed by atoms with Crippen molar-refractivity contribution in [2.45, 2.75) is 32.5 Å². The van der Waals surface area contributed by atoms with E-state index in [1.165, 1.54) is 6.20 Å². The summed E-state index contributed by atoms with van der Waals surface area (Å²) in [5, 5.41) is 18.0. The van der Waals surface area contributed by atoms with Gasteiger partial charge in [0.15, 0.2) is 5.95 Å². The van der Waals surface area contributed by atoms with Gasteiger partial charge in [0.1, 0.15) is 18.5 Å². The molecular formula is C22H27N7O5. The van der Waals surface area contributed by atoms with Gasteiger partial charge in [-0.05, 0) is 18.9 Å². The number of alkyl carbamates (subject to hydrolysis) is 1. The van der Waals surface area contributed by atoms with Crippen LogP contribution in [-0.4, -0.2) is 55.8 Å². The number of aromatic nitrogens is 4. The van der Waals surface area contributed by atoms with E-state index in [4.69, 9.17) is 4.74 Å². The third-order valence-corrected chi connectivity index (χ3v) is 4.80. The Morgan fingerprint density at radius 2 is 1.97 bits per heavy atom. The number of nitrogens with one attached hydrogen (secondary N) is 4. The summed E-state index contributed by atoms with van der Waals surface area (Å²) >= 11 is 0. The Hall–Kier alpha value is -4.35. The molecule has 0 aliphatic carbocycles. The number of imidazole rings is 1. The standard InChI is InChI=1S/C22H27N7O5/c1-15-12-29(21(32)28-18(15)23-8-5-9-24-20-25-10-11-26-20)13-17(19(30)31)27-22(33)34-14-16-6-3-2-4-7-16/h2-4,6-7,10-12,17H,5,8-9,13-14H2,1H3,(H,27,33)(H,30,31)(H,23,28,32)(H2,24,25,26)/t17-/m0/s1. The number of aliphatic carboxylic acids is 1. The number of hydrogen-bond donors (Lipinski definition) is 5. The molecule has 1 amide bonds. The average molecular weight is 470 g/mol. The van der Waals surface area contributed by atoms with Crippen molar-refractivity contribution >= 4 is 23.8 Å². The maximum atomic E-state index is 12.4. The van der Waals surface area contributed by atoms with Gasteiger partial charge in [-0.2, -0.15) is 4.98 Å². The molecule has 12 nitrogen and oxygen atoms in total. The lowest BCUT2D eigenvalue weighted by molar-refractivity contribution is -0.139. The van der Waals surface area contributed by atoms with Crippen LogP contribution in [0, 0.1) is 6.92 Å². The topological polar surface area (TPSA) is 163 Å². The first kappa shape index (κ1) is 24.3. The minimum absolute atomic E-state index is 0.00295. The van der Waals surface area contributed by atoms with Gasteiger partial charge >= 0.3 is 17.8 Å². The maximum Gasteiger partial charge on any atom is 0.408 e. The number of hydrogen-bond acceptors (Lipinski definition) is 8. The molecule has 2 heterocycles. The summed E-state index contributed by atoms with van der Waals surface area (Å²) in [7, 11) is 0. The van der Waals surface area contributed by atoms with Crippen molar-refractivity contribution in [3.63, 3.8) is 0 Å². The van der Waals surface area contributed by atoms with E-state index in [1.807, 2.05) is 6.07 Å². The van der Waals surface area contributed by atoms with Crippen LogP contribution in [0.5, 0.6) is 0 Å². The lowest BCUT2D eigenvalue weighted by Crippen LogP contribution is -2.45. The van der Waals surface area contributed by atoms with Crippen molar-refractivity contribution in [2.75, 3.05) is 23.7 Å². The molecule has 0 aliphatic heterocycles. The molecule has 34 heavy (non-hydrogen) atoms. The van der Waals surface area contributed by atoms with Crippen molar-refractivity contribution < 1.29 is 19.4 Å². The average Bonchev–Trinajstić information content (AvgIpc) is 3.34. The zero-order chi connectivity index (χ0) is 24.3. The number of benzene rings is 1. The smallest absolute Gasteiger partial charge is 0.408 e. The summed E-state index contributed by atoms with van der Waals surface area (Å²) in [6.07, 6.45) is 4.74. The molecule has 180 valence electrons. The molecular weight excluding hydrogens is 442 g/mol. The van der Waals surface area contributed by atoms with Gasteiger partial charge in [0.25, 0.3) is 0 Å². The molecule has 0 aliphatic rings. The van der Waals surface area contributed by atoms with Gasteiger partial charge < -0.3 is 30.8 Å². The molecule has 0 spiro atoms. The van der Waals surface area contributed by atoms with Gasteiger partial charge in [0.05, 0.1) is 6.54 Å². The number of aromatic amines is 1. The number of nitrogens with zero attached hydrogens (tertiary/aromatic N) is 3. The van der Waals surface area contributed by atoms with Crippen LogP contribution in [-0.2, 0) is 22.7 Å². The van der Waals surface area contributed by atoms with Gasteiger partial charge in [-0.3, -0.25) is 4.57 Å². The van der Waals surface area contributed by atoms with Crippen molar-refractivity contribution in [3.05, 3.63) is 70.5 Å². The van der Waals surface area contributed by atoms with Crippen LogP contribution in [0.4, 0.5) is 16.6 Å². The summed E-state index contributed by atoms with van der Waals surface area (Å²) in [6, 6.07) is 7.62. The number of aryl methyl sites for hydroxylation is 1. The number of amides is 1. The first-order valence-electron chi connectivity index (χ1n) is 10.7. The SMILES string of the molecule is Cc1cn(C[C@H](NC(=O)OCc2ccccc2)C(=O)O)c(=O)nc1NCCCNc1ncc[nH]1. The third-order valence-electron chi connectivity index (χ3n) is 4.80. The number of anilines is 2. The normalized spacial score (nSPS) is 11.4. The highest BCUT2D eigenvalue weighted by molar-refractivity contribution is 5.79. The molecule has 0 unspecified atom stereocenters. The fourth-order valence-corrected chi connectivity index (χ4v) is 3.06. The second-order valence-corrected chi connectivity index (χ2v) is 7.45. The Morgan fingerprint density at radius 1 is 1.21 bits per heavy atom. The molecule has 0 fully saturated rings. The van der Waals surface area contributed by atoms with Crippen LogP contribution in [0.2, 0.25) is 0 Å². The molecule has 0 radical (unpaired) electrons. The van der Waals surface area contributed by atoms with E-state index in [1.54, 1.807) is 43.6 Å². The molecule has 3 aromatic rings. The number of rotatable bonds is 12. The monoisotopic (exact) mass is 469 g/mol. The van der Waals surface area contributed by atoms with Gasteiger partial charge in [0.2, 0.25) is 0 Å². The lowest BCUT2D eigenvalue weighted by atomic mass is 10.2. The Bertz CT molecular complexity index is 1130. The van der Waals surface area contributed by atoms with Crippen LogP contribution >= 0.6 is 0 Å². The Labute approximate surface area is 195 Å². The highest BCUT2D eigenvalue weighted by atomic mass is 16.5. The number of carboxylic acid groups (broad SMARTS) is 1. The quantitative estimate of drug-likeness (QED) is 0.248. The minimum Gasteiger partial charge on any atom is -0.480 e. The largest absolute Gasteiger partial charge is 0.480 e. The third kappa shape index (κ3) is 7.36. The Morgan fingerprint density at radius 3 is 2.68 bits per heavy atom. The predicted molar refractivity (Wildman–Crippen MR) is 125 cm³/mol. The molecule has 1 atom stereocenters. The Kier molecular flexibility index (Phi) is 8.60. The molecule has 12 heteroatoms. The summed E-state index contributed by atoms with van der Waals surface area (Å²) in [5.41, 5.74) is 0.794. The maximum absolute atomic E-state index is 12.4. The second kappa shape index (κ2) is 12.0. The zero-order valence-corrected chi connectivity index (χ0v) is 18.7. The number of ether oxygens (including phenoxy) is 1. The second-order valence-electron chi connectivity index (χ2n) is 7.45. The Balaban J connectivity index is 1.51. The fraction of sp³-hybridized carbons (Fsp3) is 0.318. The van der Waals surface area contributed by atoms with Crippen molar-refractivity contribution in [1.82, 2.24) is 24.8 Å². The number of carboxylic acids is 1. The van der Waals surface area contributed by atoms with Crippen LogP contribution in [0.3, 0.4) is 0 Å². The van der Waals surface area contributed by atoms with Crippen LogP contribution < -0.4 is 21.6 Å². The van der Waals surface area contributed by atoms with Crippen molar-refractivity contribution in [2.24, 2.45) is 0 Å². The van der Waals surface area contributed by atoms with Gasteiger partial charge in [-0.15, -0.1) is 0 Å². The molecule has 3 rings (SSSR count). The number of H-pyrrole nitrogens is 1. The predicted octanol–water partition coefficient (Wildman–Crippen LogP) is 1.57. The van der Waals surface area contributed by atoms with E-state index in [0.29, 0.717) is 30.4 Å². The van der Waals surface area contributed by atoms with Gasteiger partial charge in [-0.25, -0.2) is 19.4 Å². The van der Waals surface area contributed by atoms with Crippen LogP contribution in [0.15, 0.2) is 53.7 Å². The van der Waals surface area contributed by atoms with E-state index in [9.17, 15) is 19.5 Å². The van der Waals surface area contributed by atoms with E-state index in [-0.39, 0.29) is 13.2 Å². The van der Waals surface area contributed by atoms with E-state index in [2.05, 4.69) is 30.9 Å². The molecule has 0 saturated heterocycles. The summed E-state index contributed by atoms with van der Waals surface area (Å²) in [5.74, 6) is -0.198. The van der Waals surface area contributed by atoms with Crippen LogP contribution in [0.25, 0.3) is 0 Å². The first-order chi connectivity index (χ1) is 16.4. The minimum atomic E-state index is -1.37. The van der Waals surface area contributed by atoms with E-state index < -0.39 is 23.8 Å². The molecule has 5 N–H and O–H groups in total. The number of carbonyl (C=O) groups is 2. The number of carbonyl (C=O) groups excluding carboxylic acids is 1. The molecule has 1 aromatic carbocycles. The first-order valence-corrected chi connectivity index (χ1v) is 10.7. The highest BCUT2D eigenvalue weighted by Crippen LogP contribution is 2.08. The van der Waals surface area contributed by atoms with Gasteiger partial charge in [0, 0.05) is 37.2 Å². The molecule has 0 bridgehead atoms. The molecule has 0 saturated carbocycles. The van der Waals surface area contributed by atoms with Crippen LogP contribution in [0.1, 0.15) is 17.5 Å². The van der Waals surface area contributed by atoms with E-state index in [0.717, 1.165) is 16.6 Å². The summed E-state index contributed by atoms with van der Waals surface area (Å²) in [4.78, 5) is 47.1. The lowest BCUT2D eigenvalue weighted by Gasteiger charge is -2.17. The zero-order valence-electron chi connectivity index (χ0n) is 18.7. The fourth-order valence-electron chi connectivity index (χ4n) is 3.06. The summed E-state index contributed by atoms with van der Waals surface area (Å²) in [6.45, 7) is 2.69. The van der Waals surface area contributed by atoms with Crippen molar-refractivity contribution in [3.8, 4) is 0 Å².